The van der Waals surface area contributed by atoms with Gasteiger partial charge in [0.2, 0.25) is 0 Å². The maximum Gasteiger partial charge on any atom is 0.337 e. The summed E-state index contributed by atoms with van der Waals surface area (Å²) >= 11 is 0. The summed E-state index contributed by atoms with van der Waals surface area (Å²) in [4.78, 5) is 23.1. The van der Waals surface area contributed by atoms with Gasteiger partial charge in [0.1, 0.15) is 5.75 Å². The average Bonchev–Trinajstić information content (AvgIpc) is 2.47. The van der Waals surface area contributed by atoms with Crippen molar-refractivity contribution in [2.75, 3.05) is 25.6 Å². The first kappa shape index (κ1) is 15.1. The van der Waals surface area contributed by atoms with Crippen LogP contribution in [0.15, 0.2) is 18.2 Å². The van der Waals surface area contributed by atoms with Gasteiger partial charge in [-0.05, 0) is 25.0 Å². The lowest BCUT2D eigenvalue weighted by atomic mass is 10.1. The molecule has 0 aliphatic carbocycles. The molecular formula is C14H18N2O5. The van der Waals surface area contributed by atoms with E-state index in [1.54, 1.807) is 0 Å². The standard InChI is InChI=1S/C14H18N2O5/c1-20-10-4-5-11(13(17)18)12(7-10)16-14(19)15-9-3-2-6-21-8-9/h4-5,7,9H,2-3,6,8H2,1H3,(H,17,18)(H2,15,16,19). The molecule has 1 aliphatic rings. The smallest absolute Gasteiger partial charge is 0.337 e. The molecule has 1 aromatic rings. The number of hydrogen-bond donors (Lipinski definition) is 3. The van der Waals surface area contributed by atoms with Crippen LogP contribution in [0.2, 0.25) is 0 Å². The number of aromatic carboxylic acids is 1. The molecule has 1 aliphatic heterocycles. The molecule has 1 fully saturated rings. The van der Waals surface area contributed by atoms with Gasteiger partial charge < -0.3 is 25.2 Å². The van der Waals surface area contributed by atoms with E-state index >= 15 is 0 Å². The second-order valence-electron chi connectivity index (χ2n) is 4.73. The summed E-state index contributed by atoms with van der Waals surface area (Å²) in [6, 6.07) is 3.88. The van der Waals surface area contributed by atoms with E-state index in [0.717, 1.165) is 12.8 Å². The van der Waals surface area contributed by atoms with Crippen LogP contribution in [0.5, 0.6) is 5.75 Å². The quantitative estimate of drug-likeness (QED) is 0.785. The van der Waals surface area contributed by atoms with Gasteiger partial charge >= 0.3 is 12.0 Å². The first-order chi connectivity index (χ1) is 10.1. The zero-order chi connectivity index (χ0) is 15.2. The van der Waals surface area contributed by atoms with E-state index in [4.69, 9.17) is 14.6 Å². The molecule has 0 saturated carbocycles. The van der Waals surface area contributed by atoms with Crippen molar-refractivity contribution in [3.8, 4) is 5.75 Å². The van der Waals surface area contributed by atoms with Crippen LogP contribution < -0.4 is 15.4 Å². The molecule has 0 aromatic heterocycles. The number of carboxylic acids is 1. The van der Waals surface area contributed by atoms with E-state index in [9.17, 15) is 9.59 Å². The Balaban J connectivity index is 2.06. The molecule has 0 spiro atoms. The highest BCUT2D eigenvalue weighted by Gasteiger charge is 2.18. The van der Waals surface area contributed by atoms with Gasteiger partial charge in [0, 0.05) is 12.7 Å². The molecule has 3 N–H and O–H groups in total. The molecule has 7 heteroatoms. The van der Waals surface area contributed by atoms with E-state index in [2.05, 4.69) is 10.6 Å². The minimum absolute atomic E-state index is 0.00541. The second-order valence-corrected chi connectivity index (χ2v) is 4.73. The highest BCUT2D eigenvalue weighted by atomic mass is 16.5. The van der Waals surface area contributed by atoms with Gasteiger partial charge in [0.25, 0.3) is 0 Å². The molecule has 7 nitrogen and oxygen atoms in total. The van der Waals surface area contributed by atoms with E-state index in [0.29, 0.717) is 19.0 Å². The molecule has 1 aromatic carbocycles. The number of benzene rings is 1. The largest absolute Gasteiger partial charge is 0.497 e. The van der Waals surface area contributed by atoms with Crippen molar-refractivity contribution in [1.82, 2.24) is 5.32 Å². The number of hydrogen-bond acceptors (Lipinski definition) is 4. The van der Waals surface area contributed by atoms with Crippen LogP contribution in [0, 0.1) is 0 Å². The lowest BCUT2D eigenvalue weighted by Crippen LogP contribution is -2.42. The Morgan fingerprint density at radius 1 is 1.43 bits per heavy atom. The molecule has 1 heterocycles. The molecule has 1 atom stereocenters. The van der Waals surface area contributed by atoms with Crippen LogP contribution in [0.4, 0.5) is 10.5 Å². The Hall–Kier alpha value is -2.28. The molecular weight excluding hydrogens is 276 g/mol. The predicted molar refractivity (Wildman–Crippen MR) is 75.9 cm³/mol. The number of urea groups is 1. The van der Waals surface area contributed by atoms with E-state index < -0.39 is 12.0 Å². The Kier molecular flexibility index (Phi) is 4.99. The molecule has 2 amide bonds. The van der Waals surface area contributed by atoms with Crippen molar-refractivity contribution < 1.29 is 24.2 Å². The summed E-state index contributed by atoms with van der Waals surface area (Å²) in [5, 5.41) is 14.4. The first-order valence-corrected chi connectivity index (χ1v) is 6.66. The number of ether oxygens (including phenoxy) is 2. The van der Waals surface area contributed by atoms with Crippen LogP contribution in [-0.2, 0) is 4.74 Å². The number of carboxylic acid groups (broad SMARTS) is 1. The molecule has 2 rings (SSSR count). The van der Waals surface area contributed by atoms with Gasteiger partial charge in [-0.2, -0.15) is 0 Å². The minimum Gasteiger partial charge on any atom is -0.497 e. The van der Waals surface area contributed by atoms with Gasteiger partial charge in [0.05, 0.1) is 31.0 Å². The summed E-state index contributed by atoms with van der Waals surface area (Å²) < 4.78 is 10.3. The number of nitrogens with one attached hydrogen (secondary N) is 2. The summed E-state index contributed by atoms with van der Waals surface area (Å²) in [6.45, 7) is 1.18. The Morgan fingerprint density at radius 3 is 2.86 bits per heavy atom. The molecule has 0 radical (unpaired) electrons. The van der Waals surface area contributed by atoms with Crippen molar-refractivity contribution in [2.24, 2.45) is 0 Å². The van der Waals surface area contributed by atoms with Gasteiger partial charge in [0.15, 0.2) is 0 Å². The minimum atomic E-state index is -1.12. The number of amides is 2. The van der Waals surface area contributed by atoms with Crippen molar-refractivity contribution in [3.63, 3.8) is 0 Å². The molecule has 114 valence electrons. The van der Waals surface area contributed by atoms with Gasteiger partial charge in [-0.1, -0.05) is 0 Å². The lowest BCUT2D eigenvalue weighted by Gasteiger charge is -2.23. The number of rotatable bonds is 4. The predicted octanol–water partition coefficient (Wildman–Crippen LogP) is 1.69. The topological polar surface area (TPSA) is 96.9 Å². The zero-order valence-corrected chi connectivity index (χ0v) is 11.7. The van der Waals surface area contributed by atoms with Crippen molar-refractivity contribution in [3.05, 3.63) is 23.8 Å². The summed E-state index contributed by atoms with van der Waals surface area (Å²) in [5.74, 6) is -0.648. The monoisotopic (exact) mass is 294 g/mol. The number of carbonyl (C=O) groups excluding carboxylic acids is 1. The number of carbonyl (C=O) groups is 2. The summed E-state index contributed by atoms with van der Waals surface area (Å²) in [6.07, 6.45) is 1.74. The molecule has 0 bridgehead atoms. The van der Waals surface area contributed by atoms with E-state index in [1.807, 2.05) is 0 Å². The maximum atomic E-state index is 11.9. The first-order valence-electron chi connectivity index (χ1n) is 6.66. The van der Waals surface area contributed by atoms with Crippen LogP contribution in [0.1, 0.15) is 23.2 Å². The molecule has 1 unspecified atom stereocenters. The van der Waals surface area contributed by atoms with Crippen LogP contribution >= 0.6 is 0 Å². The Labute approximate surface area is 122 Å². The van der Waals surface area contributed by atoms with Crippen LogP contribution in [0.25, 0.3) is 0 Å². The summed E-state index contributed by atoms with van der Waals surface area (Å²) in [7, 11) is 1.47. The third-order valence-corrected chi connectivity index (χ3v) is 3.20. The fourth-order valence-corrected chi connectivity index (χ4v) is 2.14. The van der Waals surface area contributed by atoms with Crippen molar-refractivity contribution >= 4 is 17.7 Å². The zero-order valence-electron chi connectivity index (χ0n) is 11.7. The van der Waals surface area contributed by atoms with Crippen molar-refractivity contribution in [2.45, 2.75) is 18.9 Å². The maximum absolute atomic E-state index is 11.9. The molecule has 21 heavy (non-hydrogen) atoms. The van der Waals surface area contributed by atoms with Crippen LogP contribution in [0.3, 0.4) is 0 Å². The molecule has 1 saturated heterocycles. The van der Waals surface area contributed by atoms with Gasteiger partial charge in [-0.15, -0.1) is 0 Å². The fraction of sp³-hybridized carbons (Fsp3) is 0.429. The Morgan fingerprint density at radius 2 is 2.24 bits per heavy atom. The average molecular weight is 294 g/mol. The highest BCUT2D eigenvalue weighted by molar-refractivity contribution is 6.00. The Bertz CT molecular complexity index is 526. The van der Waals surface area contributed by atoms with E-state index in [-0.39, 0.29) is 17.3 Å². The van der Waals surface area contributed by atoms with E-state index in [1.165, 1.54) is 25.3 Å². The number of anilines is 1. The second kappa shape index (κ2) is 6.94. The highest BCUT2D eigenvalue weighted by Crippen LogP contribution is 2.22. The third-order valence-electron chi connectivity index (χ3n) is 3.20. The SMILES string of the molecule is COc1ccc(C(=O)O)c(NC(=O)NC2CCCOC2)c1. The lowest BCUT2D eigenvalue weighted by molar-refractivity contribution is 0.0697. The van der Waals surface area contributed by atoms with Crippen LogP contribution in [-0.4, -0.2) is 43.5 Å². The van der Waals surface area contributed by atoms with Crippen molar-refractivity contribution in [1.29, 1.82) is 0 Å². The third kappa shape index (κ3) is 4.09. The van der Waals surface area contributed by atoms with Gasteiger partial charge in [-0.25, -0.2) is 9.59 Å². The normalized spacial score (nSPS) is 17.9. The number of methoxy groups -OCH3 is 1. The summed E-state index contributed by atoms with van der Waals surface area (Å²) in [5.41, 5.74) is 0.196. The fourth-order valence-electron chi connectivity index (χ4n) is 2.14. The van der Waals surface area contributed by atoms with Gasteiger partial charge in [-0.3, -0.25) is 0 Å².